The van der Waals surface area contributed by atoms with E-state index in [1.54, 1.807) is 26.6 Å². The number of nitrogens with one attached hydrogen (secondary N) is 3. The fourth-order valence-corrected chi connectivity index (χ4v) is 6.28. The first-order valence-corrected chi connectivity index (χ1v) is 14.4. The van der Waals surface area contributed by atoms with E-state index in [9.17, 15) is 19.2 Å². The SMILES string of the molecule is CNCC1CCN(CC2CCC(n3ccc(NC(=O)N4CCN(C(=O)C(C)(C)NC(=O)O)CC4)nc3=O)CC2)C1. The lowest BCUT2D eigenvalue weighted by molar-refractivity contribution is -0.138. The number of likely N-dealkylation sites (tertiary alicyclic amines) is 1. The Morgan fingerprint density at radius 3 is 2.30 bits per heavy atom. The number of piperazine rings is 1. The van der Waals surface area contributed by atoms with Gasteiger partial charge in [-0.05, 0) is 84.0 Å². The van der Waals surface area contributed by atoms with Crippen molar-refractivity contribution in [1.29, 1.82) is 0 Å². The van der Waals surface area contributed by atoms with E-state index in [4.69, 9.17) is 5.11 Å². The fourth-order valence-electron chi connectivity index (χ4n) is 6.28. The zero-order valence-electron chi connectivity index (χ0n) is 23.9. The van der Waals surface area contributed by atoms with Crippen molar-refractivity contribution in [3.63, 3.8) is 0 Å². The van der Waals surface area contributed by atoms with Gasteiger partial charge in [0.2, 0.25) is 5.91 Å². The minimum absolute atomic E-state index is 0.127. The Bertz CT molecular complexity index is 1110. The quantitative estimate of drug-likeness (QED) is 0.371. The van der Waals surface area contributed by atoms with Crippen LogP contribution in [0.1, 0.15) is 52.0 Å². The molecule has 0 aromatic carbocycles. The van der Waals surface area contributed by atoms with Gasteiger partial charge in [0.15, 0.2) is 0 Å². The molecule has 0 radical (unpaired) electrons. The second-order valence-electron chi connectivity index (χ2n) is 11.9. The van der Waals surface area contributed by atoms with Crippen molar-refractivity contribution in [3.05, 3.63) is 22.7 Å². The van der Waals surface area contributed by atoms with Crippen molar-refractivity contribution >= 4 is 23.8 Å². The molecule has 0 bridgehead atoms. The molecule has 1 aromatic rings. The maximum atomic E-state index is 12.8. The van der Waals surface area contributed by atoms with Gasteiger partial charge in [-0.25, -0.2) is 14.4 Å². The third kappa shape index (κ3) is 7.51. The van der Waals surface area contributed by atoms with Gasteiger partial charge in [0.1, 0.15) is 11.4 Å². The van der Waals surface area contributed by atoms with Crippen molar-refractivity contribution in [1.82, 2.24) is 34.9 Å². The summed E-state index contributed by atoms with van der Waals surface area (Å²) in [6.45, 7) is 8.74. The molecule has 222 valence electrons. The summed E-state index contributed by atoms with van der Waals surface area (Å²) in [4.78, 5) is 59.1. The van der Waals surface area contributed by atoms with E-state index in [1.807, 2.05) is 7.05 Å². The van der Waals surface area contributed by atoms with Crippen LogP contribution in [0.2, 0.25) is 0 Å². The van der Waals surface area contributed by atoms with Crippen LogP contribution in [0, 0.1) is 11.8 Å². The molecule has 3 heterocycles. The third-order valence-corrected chi connectivity index (χ3v) is 8.46. The van der Waals surface area contributed by atoms with Crippen LogP contribution in [0.3, 0.4) is 0 Å². The van der Waals surface area contributed by atoms with Gasteiger partial charge in [0.25, 0.3) is 0 Å². The van der Waals surface area contributed by atoms with E-state index in [-0.39, 0.29) is 55.7 Å². The summed E-state index contributed by atoms with van der Waals surface area (Å²) in [6, 6.07) is 1.40. The highest BCUT2D eigenvalue weighted by Gasteiger charge is 2.36. The monoisotopic (exact) mass is 560 g/mol. The maximum Gasteiger partial charge on any atom is 0.405 e. The topological polar surface area (TPSA) is 152 Å². The van der Waals surface area contributed by atoms with Crippen LogP contribution in [-0.2, 0) is 4.79 Å². The highest BCUT2D eigenvalue weighted by molar-refractivity contribution is 5.90. The van der Waals surface area contributed by atoms with E-state index in [1.165, 1.54) is 33.4 Å². The first kappa shape index (κ1) is 29.8. The van der Waals surface area contributed by atoms with Gasteiger partial charge in [0.05, 0.1) is 0 Å². The maximum absolute atomic E-state index is 12.8. The van der Waals surface area contributed by atoms with Crippen LogP contribution in [0.5, 0.6) is 0 Å². The van der Waals surface area contributed by atoms with Crippen LogP contribution >= 0.6 is 0 Å². The van der Waals surface area contributed by atoms with Gasteiger partial charge in [-0.1, -0.05) is 0 Å². The average Bonchev–Trinajstić information content (AvgIpc) is 3.35. The number of rotatable bonds is 8. The van der Waals surface area contributed by atoms with Gasteiger partial charge in [-0.2, -0.15) is 4.98 Å². The summed E-state index contributed by atoms with van der Waals surface area (Å²) in [5, 5.41) is 17.2. The molecule has 1 atom stereocenters. The molecular weight excluding hydrogens is 516 g/mol. The van der Waals surface area contributed by atoms with E-state index in [0.717, 1.165) is 44.7 Å². The number of carbonyl (C=O) groups excluding carboxylic acids is 2. The molecule has 4 amide bonds. The molecular formula is C27H44N8O5. The molecule has 1 unspecified atom stereocenters. The molecule has 13 nitrogen and oxygen atoms in total. The molecule has 4 N–H and O–H groups in total. The molecule has 2 saturated heterocycles. The van der Waals surface area contributed by atoms with Crippen molar-refractivity contribution in [3.8, 4) is 0 Å². The molecule has 0 spiro atoms. The highest BCUT2D eigenvalue weighted by atomic mass is 16.4. The minimum Gasteiger partial charge on any atom is -0.465 e. The summed E-state index contributed by atoms with van der Waals surface area (Å²) in [7, 11) is 2.02. The molecule has 3 fully saturated rings. The molecule has 13 heteroatoms. The second kappa shape index (κ2) is 13.0. The molecule has 40 heavy (non-hydrogen) atoms. The molecule has 1 aromatic heterocycles. The van der Waals surface area contributed by atoms with E-state index in [0.29, 0.717) is 5.92 Å². The lowest BCUT2D eigenvalue weighted by Crippen LogP contribution is -2.60. The number of carboxylic acid groups (broad SMARTS) is 1. The Labute approximate surface area is 235 Å². The summed E-state index contributed by atoms with van der Waals surface area (Å²) in [5.74, 6) is 1.28. The predicted molar refractivity (Wildman–Crippen MR) is 150 cm³/mol. The molecule has 1 aliphatic carbocycles. The number of aromatic nitrogens is 2. The standard InChI is InChI=1S/C27H44N8O5/c1-27(2,31-26(39)40)23(36)33-12-14-34(15-13-33)24(37)29-22-9-11-35(25(38)30-22)21-6-4-19(5-7-21)17-32-10-8-20(18-32)16-28-3/h9,11,19-21,28,31H,4-8,10,12-18H2,1-3H3,(H,39,40)(H,29,30,37,38). The number of nitrogens with zero attached hydrogens (tertiary/aromatic N) is 5. The Morgan fingerprint density at radius 2 is 1.68 bits per heavy atom. The molecule has 2 aliphatic heterocycles. The first-order chi connectivity index (χ1) is 19.1. The van der Waals surface area contributed by atoms with E-state index in [2.05, 4.69) is 25.8 Å². The Balaban J connectivity index is 1.23. The Morgan fingerprint density at radius 1 is 1.00 bits per heavy atom. The van der Waals surface area contributed by atoms with Gasteiger partial charge < -0.3 is 30.4 Å². The predicted octanol–water partition coefficient (Wildman–Crippen LogP) is 1.24. The number of urea groups is 1. The fraction of sp³-hybridized carbons (Fsp3) is 0.741. The van der Waals surface area contributed by atoms with Gasteiger partial charge in [0, 0.05) is 51.5 Å². The van der Waals surface area contributed by atoms with E-state index < -0.39 is 11.6 Å². The minimum atomic E-state index is -1.27. The number of amides is 4. The van der Waals surface area contributed by atoms with Crippen molar-refractivity contribution in [2.75, 3.05) is 64.7 Å². The normalized spacial score (nSPS) is 24.1. The van der Waals surface area contributed by atoms with Gasteiger partial charge >= 0.3 is 17.8 Å². The Kier molecular flexibility index (Phi) is 9.67. The van der Waals surface area contributed by atoms with Crippen LogP contribution in [-0.4, -0.2) is 112 Å². The zero-order valence-corrected chi connectivity index (χ0v) is 23.9. The number of carbonyl (C=O) groups is 3. The highest BCUT2D eigenvalue weighted by Crippen LogP contribution is 2.32. The smallest absolute Gasteiger partial charge is 0.405 e. The third-order valence-electron chi connectivity index (χ3n) is 8.46. The van der Waals surface area contributed by atoms with Crippen LogP contribution < -0.4 is 21.6 Å². The largest absolute Gasteiger partial charge is 0.465 e. The van der Waals surface area contributed by atoms with Gasteiger partial charge in [-0.15, -0.1) is 0 Å². The molecule has 4 rings (SSSR count). The zero-order chi connectivity index (χ0) is 28.9. The lowest BCUT2D eigenvalue weighted by Gasteiger charge is -2.38. The summed E-state index contributed by atoms with van der Waals surface area (Å²) in [6.07, 6.45) is 5.82. The van der Waals surface area contributed by atoms with Crippen molar-refractivity contribution in [2.45, 2.75) is 57.5 Å². The Hall–Kier alpha value is -3.19. The van der Waals surface area contributed by atoms with Crippen LogP contribution in [0.4, 0.5) is 15.4 Å². The van der Waals surface area contributed by atoms with Crippen molar-refractivity contribution in [2.24, 2.45) is 11.8 Å². The first-order valence-electron chi connectivity index (χ1n) is 14.4. The van der Waals surface area contributed by atoms with Crippen LogP contribution in [0.25, 0.3) is 0 Å². The second-order valence-corrected chi connectivity index (χ2v) is 11.9. The number of hydrogen-bond acceptors (Lipinski definition) is 7. The molecule has 3 aliphatic rings. The summed E-state index contributed by atoms with van der Waals surface area (Å²) in [5.41, 5.74) is -1.62. The van der Waals surface area contributed by atoms with Crippen molar-refractivity contribution < 1.29 is 19.5 Å². The molecule has 1 saturated carbocycles. The average molecular weight is 561 g/mol. The number of anilines is 1. The summed E-state index contributed by atoms with van der Waals surface area (Å²) < 4.78 is 1.70. The van der Waals surface area contributed by atoms with E-state index >= 15 is 0 Å². The van der Waals surface area contributed by atoms with Gasteiger partial charge in [-0.3, -0.25) is 14.7 Å². The lowest BCUT2D eigenvalue weighted by atomic mass is 9.85. The summed E-state index contributed by atoms with van der Waals surface area (Å²) >= 11 is 0. The number of hydrogen-bond donors (Lipinski definition) is 4. The van der Waals surface area contributed by atoms with Crippen LogP contribution in [0.15, 0.2) is 17.1 Å².